The lowest BCUT2D eigenvalue weighted by Gasteiger charge is -2.26. The Morgan fingerprint density at radius 3 is 2.18 bits per heavy atom. The minimum absolute atomic E-state index is 0.0135. The van der Waals surface area contributed by atoms with E-state index in [2.05, 4.69) is 10.2 Å². The van der Waals surface area contributed by atoms with E-state index in [1.807, 2.05) is 12.1 Å². The number of benzene rings is 2. The largest absolute Gasteiger partial charge is 0.468 e. The Bertz CT molecular complexity index is 1130. The molecule has 168 valence electrons. The summed E-state index contributed by atoms with van der Waals surface area (Å²) in [5.41, 5.74) is 2.18. The van der Waals surface area contributed by atoms with Crippen molar-refractivity contribution < 1.29 is 18.8 Å². The molecular weight excluding hydrogens is 418 g/mol. The van der Waals surface area contributed by atoms with Crippen LogP contribution in [0.15, 0.2) is 71.3 Å². The summed E-state index contributed by atoms with van der Waals surface area (Å²) >= 11 is 0. The van der Waals surface area contributed by atoms with Crippen molar-refractivity contribution in [1.29, 1.82) is 0 Å². The third kappa shape index (κ3) is 4.19. The Balaban J connectivity index is 1.22. The van der Waals surface area contributed by atoms with Crippen LogP contribution in [0, 0.1) is 0 Å². The van der Waals surface area contributed by atoms with E-state index in [-0.39, 0.29) is 30.3 Å². The fraction of sp³-hybridized carbons (Fsp3) is 0.269. The van der Waals surface area contributed by atoms with Crippen molar-refractivity contribution in [2.24, 2.45) is 0 Å². The summed E-state index contributed by atoms with van der Waals surface area (Å²) in [6, 6.07) is 17.7. The zero-order valence-electron chi connectivity index (χ0n) is 18.2. The smallest absolute Gasteiger partial charge is 0.261 e. The Hall–Kier alpha value is -3.71. The Kier molecular flexibility index (Phi) is 5.79. The van der Waals surface area contributed by atoms with Crippen LogP contribution in [0.2, 0.25) is 0 Å². The molecule has 0 saturated carbocycles. The second-order valence-corrected chi connectivity index (χ2v) is 8.42. The molecule has 5 rings (SSSR count). The van der Waals surface area contributed by atoms with Gasteiger partial charge in [-0.3, -0.25) is 24.2 Å². The molecule has 7 nitrogen and oxygen atoms in total. The number of likely N-dealkylation sites (tertiary alicyclic amines) is 1. The Morgan fingerprint density at radius 1 is 0.909 bits per heavy atom. The molecule has 1 N–H and O–H groups in total. The van der Waals surface area contributed by atoms with Crippen LogP contribution in [0.5, 0.6) is 0 Å². The predicted octanol–water partition coefficient (Wildman–Crippen LogP) is 3.64. The van der Waals surface area contributed by atoms with Crippen LogP contribution >= 0.6 is 0 Å². The van der Waals surface area contributed by atoms with Gasteiger partial charge in [-0.25, -0.2) is 0 Å². The monoisotopic (exact) mass is 443 g/mol. The first kappa shape index (κ1) is 21.2. The minimum Gasteiger partial charge on any atom is -0.468 e. The molecule has 3 aromatic rings. The second kappa shape index (κ2) is 9.03. The van der Waals surface area contributed by atoms with Gasteiger partial charge < -0.3 is 9.73 Å². The van der Waals surface area contributed by atoms with E-state index in [1.165, 1.54) is 4.90 Å². The van der Waals surface area contributed by atoms with Crippen LogP contribution in [0.25, 0.3) is 0 Å². The van der Waals surface area contributed by atoms with Gasteiger partial charge in [0.2, 0.25) is 0 Å². The highest BCUT2D eigenvalue weighted by atomic mass is 16.3. The third-order valence-corrected chi connectivity index (χ3v) is 6.34. The minimum atomic E-state index is -0.289. The molecule has 0 spiro atoms. The lowest BCUT2D eigenvalue weighted by Crippen LogP contribution is -2.36. The number of amides is 3. The molecule has 7 heteroatoms. The molecule has 1 saturated heterocycles. The van der Waals surface area contributed by atoms with E-state index in [9.17, 15) is 14.4 Å². The Morgan fingerprint density at radius 2 is 1.58 bits per heavy atom. The van der Waals surface area contributed by atoms with Crippen molar-refractivity contribution >= 4 is 17.7 Å². The zero-order valence-corrected chi connectivity index (χ0v) is 18.2. The number of nitrogens with zero attached hydrogens (tertiary/aromatic N) is 2. The van der Waals surface area contributed by atoms with Crippen LogP contribution in [0.4, 0.5) is 0 Å². The number of fused-ring (bicyclic) bond motifs is 1. The van der Waals surface area contributed by atoms with Crippen molar-refractivity contribution in [3.8, 4) is 0 Å². The van der Waals surface area contributed by atoms with E-state index >= 15 is 0 Å². The molecule has 2 aromatic carbocycles. The van der Waals surface area contributed by atoms with Crippen LogP contribution in [-0.4, -0.2) is 47.2 Å². The molecule has 3 heterocycles. The number of carbonyl (C=O) groups excluding carboxylic acids is 3. The van der Waals surface area contributed by atoms with Crippen molar-refractivity contribution in [3.63, 3.8) is 0 Å². The van der Waals surface area contributed by atoms with Gasteiger partial charge in [-0.15, -0.1) is 0 Å². The van der Waals surface area contributed by atoms with E-state index < -0.39 is 0 Å². The molecular formula is C26H25N3O4. The maximum absolute atomic E-state index is 12.8. The number of nitrogens with one attached hydrogen (secondary N) is 1. The summed E-state index contributed by atoms with van der Waals surface area (Å²) in [4.78, 5) is 41.5. The molecule has 0 radical (unpaired) electrons. The van der Waals surface area contributed by atoms with Gasteiger partial charge in [0.1, 0.15) is 5.76 Å². The molecule has 2 aliphatic heterocycles. The van der Waals surface area contributed by atoms with Gasteiger partial charge in [0, 0.05) is 12.1 Å². The van der Waals surface area contributed by atoms with Crippen molar-refractivity contribution in [1.82, 2.24) is 15.1 Å². The van der Waals surface area contributed by atoms with Gasteiger partial charge in [0.05, 0.1) is 30.0 Å². The highest BCUT2D eigenvalue weighted by molar-refractivity contribution is 6.21. The van der Waals surface area contributed by atoms with Gasteiger partial charge in [0.15, 0.2) is 0 Å². The van der Waals surface area contributed by atoms with Gasteiger partial charge in [0.25, 0.3) is 17.7 Å². The SMILES string of the molecule is O=C(NC[C@H](c1ccco1)N1CCCC1)c1ccc(CN2C(=O)c3ccccc3C2=O)cc1. The van der Waals surface area contributed by atoms with Crippen molar-refractivity contribution in [2.75, 3.05) is 19.6 Å². The lowest BCUT2D eigenvalue weighted by atomic mass is 10.1. The normalized spacial score (nSPS) is 16.8. The first-order chi connectivity index (χ1) is 16.1. The summed E-state index contributed by atoms with van der Waals surface area (Å²) in [5, 5.41) is 3.02. The maximum atomic E-state index is 12.8. The number of hydrogen-bond acceptors (Lipinski definition) is 5. The fourth-order valence-corrected chi connectivity index (χ4v) is 4.56. The van der Waals surface area contributed by atoms with Gasteiger partial charge in [-0.05, 0) is 67.9 Å². The number of rotatable bonds is 7. The Labute approximate surface area is 192 Å². The number of furan rings is 1. The van der Waals surface area contributed by atoms with Crippen LogP contribution in [-0.2, 0) is 6.54 Å². The molecule has 2 aliphatic rings. The summed E-state index contributed by atoms with van der Waals surface area (Å²) in [6.45, 7) is 2.62. The molecule has 33 heavy (non-hydrogen) atoms. The molecule has 0 unspecified atom stereocenters. The van der Waals surface area contributed by atoms with Gasteiger partial charge >= 0.3 is 0 Å². The average Bonchev–Trinajstić information content (AvgIpc) is 3.61. The summed E-state index contributed by atoms with van der Waals surface area (Å²) < 4.78 is 5.61. The van der Waals surface area contributed by atoms with Crippen LogP contribution in [0.1, 0.15) is 61.3 Å². The average molecular weight is 444 g/mol. The van der Waals surface area contributed by atoms with Gasteiger partial charge in [-0.2, -0.15) is 0 Å². The summed E-state index contributed by atoms with van der Waals surface area (Å²) in [6.07, 6.45) is 3.97. The van der Waals surface area contributed by atoms with Gasteiger partial charge in [-0.1, -0.05) is 24.3 Å². The molecule has 1 atom stereocenters. The van der Waals surface area contributed by atoms with Crippen LogP contribution < -0.4 is 5.32 Å². The topological polar surface area (TPSA) is 82.9 Å². The maximum Gasteiger partial charge on any atom is 0.261 e. The first-order valence-electron chi connectivity index (χ1n) is 11.2. The molecule has 1 aromatic heterocycles. The molecule has 1 fully saturated rings. The molecule has 0 bridgehead atoms. The molecule has 3 amide bonds. The zero-order chi connectivity index (χ0) is 22.8. The van der Waals surface area contributed by atoms with E-state index in [0.29, 0.717) is 23.2 Å². The van der Waals surface area contributed by atoms with E-state index in [0.717, 1.165) is 37.3 Å². The van der Waals surface area contributed by atoms with Crippen molar-refractivity contribution in [3.05, 3.63) is 94.9 Å². The third-order valence-electron chi connectivity index (χ3n) is 6.34. The second-order valence-electron chi connectivity index (χ2n) is 8.42. The van der Waals surface area contributed by atoms with E-state index in [4.69, 9.17) is 4.42 Å². The predicted molar refractivity (Wildman–Crippen MR) is 122 cm³/mol. The number of imide groups is 1. The standard InChI is InChI=1S/C26H25N3O4/c30-24(27-16-22(23-8-5-15-33-23)28-13-3-4-14-28)19-11-9-18(10-12-19)17-29-25(31)20-6-1-2-7-21(20)26(29)32/h1-2,5-12,15,22H,3-4,13-14,16-17H2,(H,27,30)/t22-/m1/s1. The lowest BCUT2D eigenvalue weighted by molar-refractivity contribution is 0.0641. The molecule has 0 aliphatic carbocycles. The van der Waals surface area contributed by atoms with Crippen molar-refractivity contribution in [2.45, 2.75) is 25.4 Å². The summed E-state index contributed by atoms with van der Waals surface area (Å²) in [7, 11) is 0. The fourth-order valence-electron chi connectivity index (χ4n) is 4.56. The highest BCUT2D eigenvalue weighted by Crippen LogP contribution is 2.26. The number of carbonyl (C=O) groups is 3. The highest BCUT2D eigenvalue weighted by Gasteiger charge is 2.35. The van der Waals surface area contributed by atoms with E-state index in [1.54, 1.807) is 54.8 Å². The first-order valence-corrected chi connectivity index (χ1v) is 11.2. The van der Waals surface area contributed by atoms with Crippen LogP contribution in [0.3, 0.4) is 0 Å². The number of hydrogen-bond donors (Lipinski definition) is 1. The summed E-state index contributed by atoms with van der Waals surface area (Å²) in [5.74, 6) is 0.109. The quantitative estimate of drug-likeness (QED) is 0.564.